The van der Waals surface area contributed by atoms with Gasteiger partial charge in [-0.2, -0.15) is 0 Å². The van der Waals surface area contributed by atoms with E-state index in [2.05, 4.69) is 55.8 Å². The number of anilines is 1. The summed E-state index contributed by atoms with van der Waals surface area (Å²) in [5.74, 6) is 1.63. The molecule has 0 fully saturated rings. The number of aliphatic imine (C=N–C) groups is 1. The predicted molar refractivity (Wildman–Crippen MR) is 119 cm³/mol. The van der Waals surface area contributed by atoms with E-state index < -0.39 is 0 Å². The Labute approximate surface area is 168 Å². The molecule has 2 aromatic carbocycles. The van der Waals surface area contributed by atoms with Crippen molar-refractivity contribution in [2.45, 2.75) is 39.7 Å². The maximum absolute atomic E-state index is 5.71. The lowest BCUT2D eigenvalue weighted by Gasteiger charge is -2.43. The summed E-state index contributed by atoms with van der Waals surface area (Å²) in [5, 5.41) is 0. The minimum Gasteiger partial charge on any atom is -0.497 e. The van der Waals surface area contributed by atoms with Crippen LogP contribution in [0.2, 0.25) is 0 Å². The summed E-state index contributed by atoms with van der Waals surface area (Å²) in [4.78, 5) is 7.09. The normalized spacial score (nSPS) is 15.4. The van der Waals surface area contributed by atoms with Crippen molar-refractivity contribution in [3.8, 4) is 11.5 Å². The molecule has 0 saturated carbocycles. The SMILES string of the molecule is CCCN1c2cc(OC)c(C=Nc3cccc(OC)c3)cc2C(C)=CC1(C)C. The topological polar surface area (TPSA) is 34.1 Å². The molecule has 0 radical (unpaired) electrons. The fraction of sp³-hybridized carbons (Fsp3) is 0.375. The molecule has 148 valence electrons. The van der Waals surface area contributed by atoms with Gasteiger partial charge in [-0.05, 0) is 51.0 Å². The maximum Gasteiger partial charge on any atom is 0.129 e. The van der Waals surface area contributed by atoms with Crippen LogP contribution in [0, 0.1) is 0 Å². The van der Waals surface area contributed by atoms with Crippen LogP contribution in [0.3, 0.4) is 0 Å². The van der Waals surface area contributed by atoms with E-state index in [1.807, 2.05) is 30.5 Å². The zero-order valence-electron chi connectivity index (χ0n) is 17.7. The molecule has 0 aliphatic carbocycles. The predicted octanol–water partition coefficient (Wildman–Crippen LogP) is 5.87. The second-order valence-corrected chi connectivity index (χ2v) is 7.70. The van der Waals surface area contributed by atoms with Crippen LogP contribution in [0.15, 0.2) is 47.5 Å². The Kier molecular flexibility index (Phi) is 5.78. The molecular weight excluding hydrogens is 348 g/mol. The molecule has 0 atom stereocenters. The number of rotatable bonds is 6. The lowest BCUT2D eigenvalue weighted by Crippen LogP contribution is -2.45. The first-order valence-corrected chi connectivity index (χ1v) is 9.77. The van der Waals surface area contributed by atoms with Gasteiger partial charge in [0.05, 0.1) is 25.4 Å². The van der Waals surface area contributed by atoms with E-state index in [1.165, 1.54) is 16.8 Å². The van der Waals surface area contributed by atoms with E-state index in [9.17, 15) is 0 Å². The number of allylic oxidation sites excluding steroid dienone is 1. The number of fused-ring (bicyclic) bond motifs is 1. The Balaban J connectivity index is 2.05. The molecule has 1 aliphatic heterocycles. The average Bonchev–Trinajstić information content (AvgIpc) is 2.68. The number of methoxy groups -OCH3 is 2. The van der Waals surface area contributed by atoms with Crippen molar-refractivity contribution >= 4 is 23.2 Å². The molecule has 0 aromatic heterocycles. The average molecular weight is 379 g/mol. The van der Waals surface area contributed by atoms with Crippen molar-refractivity contribution in [2.75, 3.05) is 25.7 Å². The van der Waals surface area contributed by atoms with E-state index >= 15 is 0 Å². The van der Waals surface area contributed by atoms with Crippen molar-refractivity contribution in [1.82, 2.24) is 0 Å². The van der Waals surface area contributed by atoms with Gasteiger partial charge in [-0.3, -0.25) is 4.99 Å². The third-order valence-electron chi connectivity index (χ3n) is 5.18. The van der Waals surface area contributed by atoms with Crippen molar-refractivity contribution < 1.29 is 9.47 Å². The summed E-state index contributed by atoms with van der Waals surface area (Å²) in [7, 11) is 3.37. The van der Waals surface area contributed by atoms with Crippen molar-refractivity contribution in [1.29, 1.82) is 0 Å². The third-order valence-corrected chi connectivity index (χ3v) is 5.18. The second kappa shape index (κ2) is 8.09. The van der Waals surface area contributed by atoms with Crippen LogP contribution in [-0.4, -0.2) is 32.5 Å². The minimum absolute atomic E-state index is 0.0195. The molecule has 1 heterocycles. The molecule has 0 spiro atoms. The van der Waals surface area contributed by atoms with Crippen LogP contribution in [-0.2, 0) is 0 Å². The van der Waals surface area contributed by atoms with Gasteiger partial charge in [0.25, 0.3) is 0 Å². The van der Waals surface area contributed by atoms with Crippen LogP contribution in [0.25, 0.3) is 5.57 Å². The quantitative estimate of drug-likeness (QED) is 0.590. The molecule has 4 nitrogen and oxygen atoms in total. The summed E-state index contributed by atoms with van der Waals surface area (Å²) in [6, 6.07) is 12.1. The lowest BCUT2D eigenvalue weighted by molar-refractivity contribution is 0.413. The molecule has 0 saturated heterocycles. The number of hydrogen-bond acceptors (Lipinski definition) is 4. The fourth-order valence-electron chi connectivity index (χ4n) is 3.87. The van der Waals surface area contributed by atoms with Gasteiger partial charge in [-0.1, -0.05) is 19.1 Å². The molecule has 0 N–H and O–H groups in total. The Bertz CT molecular complexity index is 913. The van der Waals surface area contributed by atoms with E-state index in [1.54, 1.807) is 14.2 Å². The highest BCUT2D eigenvalue weighted by Crippen LogP contribution is 2.42. The monoisotopic (exact) mass is 378 g/mol. The van der Waals surface area contributed by atoms with Crippen LogP contribution < -0.4 is 14.4 Å². The standard InChI is InChI=1S/C24H30N2O2/c1-7-11-26-22-14-23(28-6)18(12-21(22)17(2)15-24(26,3)4)16-25-19-9-8-10-20(13-19)27-5/h8-10,12-16H,7,11H2,1-6H3. The van der Waals surface area contributed by atoms with Gasteiger partial charge in [-0.25, -0.2) is 0 Å². The van der Waals surface area contributed by atoms with Crippen molar-refractivity contribution in [3.05, 3.63) is 53.6 Å². The zero-order valence-corrected chi connectivity index (χ0v) is 17.7. The van der Waals surface area contributed by atoms with Crippen LogP contribution in [0.5, 0.6) is 11.5 Å². The summed E-state index contributed by atoms with van der Waals surface area (Å²) >= 11 is 0. The highest BCUT2D eigenvalue weighted by molar-refractivity contribution is 5.92. The Hall–Kier alpha value is -2.75. The fourth-order valence-corrected chi connectivity index (χ4v) is 3.87. The van der Waals surface area contributed by atoms with Gasteiger partial charge in [0, 0.05) is 41.7 Å². The number of hydrogen-bond donors (Lipinski definition) is 0. The molecule has 4 heteroatoms. The minimum atomic E-state index is -0.0195. The highest BCUT2D eigenvalue weighted by Gasteiger charge is 2.31. The molecule has 3 rings (SSSR count). The molecule has 0 amide bonds. The first-order chi connectivity index (χ1) is 13.4. The zero-order chi connectivity index (χ0) is 20.3. The van der Waals surface area contributed by atoms with Gasteiger partial charge in [-0.15, -0.1) is 0 Å². The second-order valence-electron chi connectivity index (χ2n) is 7.70. The smallest absolute Gasteiger partial charge is 0.129 e. The molecule has 0 bridgehead atoms. The van der Waals surface area contributed by atoms with E-state index in [4.69, 9.17) is 9.47 Å². The summed E-state index contributed by atoms with van der Waals surface area (Å²) in [5.41, 5.74) is 5.54. The van der Waals surface area contributed by atoms with Gasteiger partial charge >= 0.3 is 0 Å². The maximum atomic E-state index is 5.71. The Morgan fingerprint density at radius 2 is 1.89 bits per heavy atom. The largest absolute Gasteiger partial charge is 0.497 e. The Morgan fingerprint density at radius 3 is 2.57 bits per heavy atom. The van der Waals surface area contributed by atoms with Crippen molar-refractivity contribution in [3.63, 3.8) is 0 Å². The van der Waals surface area contributed by atoms with E-state index in [0.717, 1.165) is 35.7 Å². The highest BCUT2D eigenvalue weighted by atomic mass is 16.5. The summed E-state index contributed by atoms with van der Waals surface area (Å²) in [6.07, 6.45) is 5.31. The summed E-state index contributed by atoms with van der Waals surface area (Å²) in [6.45, 7) is 9.93. The van der Waals surface area contributed by atoms with Crippen LogP contribution in [0.1, 0.15) is 45.2 Å². The Morgan fingerprint density at radius 1 is 1.11 bits per heavy atom. The van der Waals surface area contributed by atoms with Crippen molar-refractivity contribution in [2.24, 2.45) is 4.99 Å². The first kappa shape index (κ1) is 20.0. The van der Waals surface area contributed by atoms with Gasteiger partial charge in [0.1, 0.15) is 11.5 Å². The van der Waals surface area contributed by atoms with Crippen LogP contribution >= 0.6 is 0 Å². The number of nitrogens with zero attached hydrogens (tertiary/aromatic N) is 2. The molecule has 0 unspecified atom stereocenters. The molecule has 1 aliphatic rings. The number of ether oxygens (including phenoxy) is 2. The molecule has 28 heavy (non-hydrogen) atoms. The first-order valence-electron chi connectivity index (χ1n) is 9.77. The molecule has 2 aromatic rings. The van der Waals surface area contributed by atoms with E-state index in [0.29, 0.717) is 0 Å². The molecular formula is C24H30N2O2. The van der Waals surface area contributed by atoms with Gasteiger partial charge in [0.2, 0.25) is 0 Å². The van der Waals surface area contributed by atoms with Gasteiger partial charge < -0.3 is 14.4 Å². The third kappa shape index (κ3) is 3.91. The van der Waals surface area contributed by atoms with E-state index in [-0.39, 0.29) is 5.54 Å². The summed E-state index contributed by atoms with van der Waals surface area (Å²) < 4.78 is 11.0. The lowest BCUT2D eigenvalue weighted by atomic mass is 9.87. The van der Waals surface area contributed by atoms with Crippen LogP contribution in [0.4, 0.5) is 11.4 Å². The number of benzene rings is 2. The van der Waals surface area contributed by atoms with Gasteiger partial charge in [0.15, 0.2) is 0 Å².